The highest BCUT2D eigenvalue weighted by Crippen LogP contribution is 2.46. The Morgan fingerprint density at radius 1 is 1.36 bits per heavy atom. The standard InChI is InChI=1S/C20H22N4O4/c21-10-12-9-20(13-4-1-2-5-14(13)23-19(20)28)11-24(12)18(27)8-17(26)22-15-6-3-7-16(15)25/h1-2,4-5,12,15-16,25H,3,6-9,11H2,(H,22,26)(H,23,28)/t12-,15+,16+,20-/m0/s1. The predicted molar refractivity (Wildman–Crippen MR) is 98.9 cm³/mol. The molecule has 2 aliphatic heterocycles. The van der Waals surface area contributed by atoms with Crippen molar-refractivity contribution in [3.8, 4) is 6.07 Å². The van der Waals surface area contributed by atoms with Crippen LogP contribution in [0.25, 0.3) is 0 Å². The molecule has 3 N–H and O–H groups in total. The lowest BCUT2D eigenvalue weighted by molar-refractivity contribution is -0.136. The Labute approximate surface area is 162 Å². The van der Waals surface area contributed by atoms with Crippen LogP contribution in [0.2, 0.25) is 0 Å². The highest BCUT2D eigenvalue weighted by molar-refractivity contribution is 6.07. The number of hydrogen-bond donors (Lipinski definition) is 3. The van der Waals surface area contributed by atoms with Crippen LogP contribution in [0.4, 0.5) is 5.69 Å². The maximum Gasteiger partial charge on any atom is 0.237 e. The number of nitriles is 1. The normalized spacial score (nSPS) is 30.8. The zero-order valence-electron chi connectivity index (χ0n) is 15.4. The van der Waals surface area contributed by atoms with Crippen molar-refractivity contribution < 1.29 is 19.5 Å². The fourth-order valence-corrected chi connectivity index (χ4v) is 4.62. The third-order valence-electron chi connectivity index (χ3n) is 6.09. The quantitative estimate of drug-likeness (QED) is 0.654. The minimum absolute atomic E-state index is 0.0756. The number of carbonyl (C=O) groups is 3. The van der Waals surface area contributed by atoms with E-state index in [1.165, 1.54) is 4.90 Å². The second-order valence-corrected chi connectivity index (χ2v) is 7.80. The highest BCUT2D eigenvalue weighted by Gasteiger charge is 2.55. The molecule has 0 radical (unpaired) electrons. The SMILES string of the molecule is N#C[C@@H]1C[C@@]2(CN1C(=O)CC(=O)N[C@@H]1CCC[C@H]1O)C(=O)Nc1ccccc12. The predicted octanol–water partition coefficient (Wildman–Crippen LogP) is 0.421. The van der Waals surface area contributed by atoms with E-state index >= 15 is 0 Å². The summed E-state index contributed by atoms with van der Waals surface area (Å²) in [6.07, 6.45) is 1.38. The number of carbonyl (C=O) groups excluding carboxylic acids is 3. The number of hydrogen-bond acceptors (Lipinski definition) is 5. The highest BCUT2D eigenvalue weighted by atomic mass is 16.3. The fraction of sp³-hybridized carbons (Fsp3) is 0.500. The van der Waals surface area contributed by atoms with Crippen LogP contribution in [-0.2, 0) is 19.8 Å². The average Bonchev–Trinajstić information content (AvgIpc) is 3.33. The summed E-state index contributed by atoms with van der Waals surface area (Å²) in [5.74, 6) is -1.17. The Bertz CT molecular complexity index is 879. The first-order valence-electron chi connectivity index (χ1n) is 9.52. The number of aliphatic hydroxyl groups excluding tert-OH is 1. The third-order valence-corrected chi connectivity index (χ3v) is 6.09. The van der Waals surface area contributed by atoms with E-state index in [0.29, 0.717) is 18.5 Å². The van der Waals surface area contributed by atoms with Crippen LogP contribution in [-0.4, -0.2) is 52.5 Å². The Morgan fingerprint density at radius 2 is 2.14 bits per heavy atom. The van der Waals surface area contributed by atoms with Crippen LogP contribution >= 0.6 is 0 Å². The molecule has 1 aromatic rings. The van der Waals surface area contributed by atoms with E-state index in [9.17, 15) is 24.8 Å². The first-order valence-corrected chi connectivity index (χ1v) is 9.52. The number of benzene rings is 1. The monoisotopic (exact) mass is 382 g/mol. The molecular formula is C20H22N4O4. The number of amides is 3. The summed E-state index contributed by atoms with van der Waals surface area (Å²) in [5, 5.41) is 24.9. The number of aliphatic hydroxyl groups is 1. The zero-order chi connectivity index (χ0) is 19.9. The van der Waals surface area contributed by atoms with E-state index in [1.807, 2.05) is 18.2 Å². The van der Waals surface area contributed by atoms with E-state index in [2.05, 4.69) is 16.7 Å². The van der Waals surface area contributed by atoms with Crippen LogP contribution in [0.3, 0.4) is 0 Å². The second kappa shape index (κ2) is 6.91. The molecular weight excluding hydrogens is 360 g/mol. The molecule has 0 unspecified atom stereocenters. The molecule has 2 fully saturated rings. The number of nitrogens with zero attached hydrogens (tertiary/aromatic N) is 2. The zero-order valence-corrected chi connectivity index (χ0v) is 15.4. The summed E-state index contributed by atoms with van der Waals surface area (Å²) >= 11 is 0. The Kier molecular flexibility index (Phi) is 4.55. The molecule has 3 amide bonds. The lowest BCUT2D eigenvalue weighted by Gasteiger charge is -2.23. The van der Waals surface area contributed by atoms with Gasteiger partial charge in [0.1, 0.15) is 12.5 Å². The van der Waals surface area contributed by atoms with Crippen LogP contribution in [0.15, 0.2) is 24.3 Å². The second-order valence-electron chi connectivity index (χ2n) is 7.80. The molecule has 4 atom stereocenters. The van der Waals surface area contributed by atoms with Gasteiger partial charge < -0.3 is 20.6 Å². The van der Waals surface area contributed by atoms with Crippen molar-refractivity contribution in [3.63, 3.8) is 0 Å². The summed E-state index contributed by atoms with van der Waals surface area (Å²) in [4.78, 5) is 39.1. The third kappa shape index (κ3) is 2.92. The summed E-state index contributed by atoms with van der Waals surface area (Å²) in [6.45, 7) is 0.0756. The maximum absolute atomic E-state index is 12.8. The van der Waals surface area contributed by atoms with Gasteiger partial charge in [0.25, 0.3) is 0 Å². The Balaban J connectivity index is 1.49. The molecule has 28 heavy (non-hydrogen) atoms. The van der Waals surface area contributed by atoms with Gasteiger partial charge >= 0.3 is 0 Å². The molecule has 8 heteroatoms. The molecule has 1 aromatic carbocycles. The van der Waals surface area contributed by atoms with Gasteiger partial charge in [0, 0.05) is 18.7 Å². The molecule has 1 saturated heterocycles. The number of anilines is 1. The minimum atomic E-state index is -0.954. The maximum atomic E-state index is 12.8. The fourth-order valence-electron chi connectivity index (χ4n) is 4.62. The summed E-state index contributed by atoms with van der Waals surface area (Å²) in [5.41, 5.74) is 0.533. The van der Waals surface area contributed by atoms with Crippen molar-refractivity contribution in [2.24, 2.45) is 0 Å². The van der Waals surface area contributed by atoms with E-state index < -0.39 is 35.8 Å². The van der Waals surface area contributed by atoms with Crippen molar-refractivity contribution in [2.45, 2.75) is 55.7 Å². The van der Waals surface area contributed by atoms with Gasteiger partial charge in [0.05, 0.1) is 23.6 Å². The van der Waals surface area contributed by atoms with Gasteiger partial charge in [-0.25, -0.2) is 0 Å². The number of para-hydroxylation sites is 1. The summed E-state index contributed by atoms with van der Waals surface area (Å²) in [7, 11) is 0. The van der Waals surface area contributed by atoms with Crippen LogP contribution < -0.4 is 10.6 Å². The number of fused-ring (bicyclic) bond motifs is 2. The Morgan fingerprint density at radius 3 is 2.86 bits per heavy atom. The molecule has 1 spiro atoms. The van der Waals surface area contributed by atoms with E-state index in [0.717, 1.165) is 12.0 Å². The van der Waals surface area contributed by atoms with E-state index in [4.69, 9.17) is 0 Å². The van der Waals surface area contributed by atoms with Gasteiger partial charge in [-0.15, -0.1) is 0 Å². The smallest absolute Gasteiger partial charge is 0.237 e. The van der Waals surface area contributed by atoms with Crippen molar-refractivity contribution in [3.05, 3.63) is 29.8 Å². The van der Waals surface area contributed by atoms with Gasteiger partial charge in [-0.3, -0.25) is 14.4 Å². The van der Waals surface area contributed by atoms with Gasteiger partial charge in [-0.2, -0.15) is 5.26 Å². The lowest BCUT2D eigenvalue weighted by atomic mass is 9.80. The molecule has 3 aliphatic rings. The summed E-state index contributed by atoms with van der Waals surface area (Å²) < 4.78 is 0. The first-order chi connectivity index (χ1) is 13.4. The van der Waals surface area contributed by atoms with Crippen LogP contribution in [0, 0.1) is 11.3 Å². The van der Waals surface area contributed by atoms with Gasteiger partial charge in [0.15, 0.2) is 0 Å². The first kappa shape index (κ1) is 18.4. The van der Waals surface area contributed by atoms with Crippen molar-refractivity contribution in [1.29, 1.82) is 5.26 Å². The molecule has 2 heterocycles. The van der Waals surface area contributed by atoms with Crippen LogP contribution in [0.5, 0.6) is 0 Å². The van der Waals surface area contributed by atoms with Crippen LogP contribution in [0.1, 0.15) is 37.7 Å². The molecule has 1 saturated carbocycles. The number of nitrogens with one attached hydrogen (secondary N) is 2. The minimum Gasteiger partial charge on any atom is -0.391 e. The van der Waals surface area contributed by atoms with Gasteiger partial charge in [-0.1, -0.05) is 18.2 Å². The topological polar surface area (TPSA) is 123 Å². The van der Waals surface area contributed by atoms with Crippen molar-refractivity contribution in [2.75, 3.05) is 11.9 Å². The Hall–Kier alpha value is -2.92. The molecule has 0 bridgehead atoms. The molecule has 1 aliphatic carbocycles. The molecule has 4 rings (SSSR count). The van der Waals surface area contributed by atoms with E-state index in [-0.39, 0.29) is 24.9 Å². The van der Waals surface area contributed by atoms with Gasteiger partial charge in [0.2, 0.25) is 17.7 Å². The number of rotatable bonds is 3. The molecule has 0 aromatic heterocycles. The number of likely N-dealkylation sites (tertiary alicyclic amines) is 1. The summed E-state index contributed by atoms with van der Waals surface area (Å²) in [6, 6.07) is 8.29. The molecule has 146 valence electrons. The largest absolute Gasteiger partial charge is 0.391 e. The van der Waals surface area contributed by atoms with Crippen molar-refractivity contribution >= 4 is 23.4 Å². The van der Waals surface area contributed by atoms with Crippen molar-refractivity contribution in [1.82, 2.24) is 10.2 Å². The van der Waals surface area contributed by atoms with E-state index in [1.54, 1.807) is 6.07 Å². The lowest BCUT2D eigenvalue weighted by Crippen LogP contribution is -2.44. The molecule has 8 nitrogen and oxygen atoms in total. The van der Waals surface area contributed by atoms with Gasteiger partial charge in [-0.05, 0) is 30.9 Å². The average molecular weight is 382 g/mol.